The number of fused-ring (bicyclic) bond motifs is 3. The van der Waals surface area contributed by atoms with E-state index in [2.05, 4.69) is 33.7 Å². The Morgan fingerprint density at radius 1 is 1.22 bits per heavy atom. The fraction of sp³-hybridized carbons (Fsp3) is 0.552. The molecule has 4 aliphatic rings. The number of carbonyl (C=O) groups is 1. The summed E-state index contributed by atoms with van der Waals surface area (Å²) in [5.74, 6) is 0.827. The summed E-state index contributed by atoms with van der Waals surface area (Å²) in [5.41, 5.74) is 3.39. The highest BCUT2D eigenvalue weighted by Gasteiger charge is 2.46. The van der Waals surface area contributed by atoms with Gasteiger partial charge in [0.25, 0.3) is 0 Å². The summed E-state index contributed by atoms with van der Waals surface area (Å²) in [6.07, 6.45) is 5.57. The van der Waals surface area contributed by atoms with Crippen LogP contribution >= 0.6 is 0 Å². The van der Waals surface area contributed by atoms with Crippen LogP contribution in [0.4, 0.5) is 5.69 Å². The molecular weight excluding hydrogens is 454 g/mol. The second-order valence-electron chi connectivity index (χ2n) is 11.1. The first-order chi connectivity index (χ1) is 17.5. The monoisotopic (exact) mass is 491 g/mol. The first-order valence-corrected chi connectivity index (χ1v) is 13.4. The van der Waals surface area contributed by atoms with Gasteiger partial charge in [0.15, 0.2) is 0 Å². The molecular formula is C29H37N3O4. The number of carbonyl (C=O) groups excluding carboxylic acids is 1. The van der Waals surface area contributed by atoms with E-state index in [1.807, 2.05) is 30.3 Å². The lowest BCUT2D eigenvalue weighted by atomic mass is 9.73. The maximum atomic E-state index is 11.9. The third kappa shape index (κ3) is 4.72. The number of aliphatic hydroxyl groups is 1. The van der Waals surface area contributed by atoms with Gasteiger partial charge in [-0.2, -0.15) is 0 Å². The lowest BCUT2D eigenvalue weighted by molar-refractivity contribution is -0.120. The van der Waals surface area contributed by atoms with E-state index < -0.39 is 6.10 Å². The van der Waals surface area contributed by atoms with Crippen molar-refractivity contribution < 1.29 is 19.4 Å². The lowest BCUT2D eigenvalue weighted by Gasteiger charge is -2.48. The molecule has 2 bridgehead atoms. The number of benzene rings is 2. The Bertz CT molecular complexity index is 1090. The van der Waals surface area contributed by atoms with Crippen molar-refractivity contribution >= 4 is 11.6 Å². The number of hydrogen-bond donors (Lipinski definition) is 3. The molecule has 1 amide bonds. The van der Waals surface area contributed by atoms with E-state index in [1.165, 1.54) is 24.6 Å². The molecule has 1 spiro atoms. The molecule has 6 rings (SSSR count). The van der Waals surface area contributed by atoms with Crippen molar-refractivity contribution in [1.82, 2.24) is 10.6 Å². The Balaban J connectivity index is 1.19. The number of morpholine rings is 1. The van der Waals surface area contributed by atoms with Crippen LogP contribution in [0.3, 0.4) is 0 Å². The van der Waals surface area contributed by atoms with Crippen molar-refractivity contribution in [3.05, 3.63) is 59.7 Å². The van der Waals surface area contributed by atoms with E-state index in [4.69, 9.17) is 9.47 Å². The van der Waals surface area contributed by atoms with Gasteiger partial charge < -0.3 is 30.1 Å². The summed E-state index contributed by atoms with van der Waals surface area (Å²) in [7, 11) is 0. The van der Waals surface area contributed by atoms with Crippen LogP contribution in [-0.4, -0.2) is 60.6 Å². The Labute approximate surface area is 213 Å². The van der Waals surface area contributed by atoms with Crippen molar-refractivity contribution in [1.29, 1.82) is 0 Å². The van der Waals surface area contributed by atoms with Gasteiger partial charge in [0, 0.05) is 43.7 Å². The highest BCUT2D eigenvalue weighted by Crippen LogP contribution is 2.50. The third-order valence-corrected chi connectivity index (χ3v) is 8.49. The van der Waals surface area contributed by atoms with Gasteiger partial charge in [-0.05, 0) is 55.9 Å². The van der Waals surface area contributed by atoms with E-state index in [9.17, 15) is 9.90 Å². The molecule has 7 nitrogen and oxygen atoms in total. The predicted octanol–water partition coefficient (Wildman–Crippen LogP) is 3.11. The smallest absolute Gasteiger partial charge is 0.217 e. The van der Waals surface area contributed by atoms with E-state index in [0.29, 0.717) is 25.1 Å². The molecule has 3 N–H and O–H groups in total. The number of nitrogens with one attached hydrogen (secondary N) is 2. The van der Waals surface area contributed by atoms with Gasteiger partial charge in [-0.25, -0.2) is 0 Å². The van der Waals surface area contributed by atoms with Crippen molar-refractivity contribution in [2.75, 3.05) is 24.6 Å². The molecule has 3 fully saturated rings. The number of hydrogen-bond acceptors (Lipinski definition) is 6. The van der Waals surface area contributed by atoms with Gasteiger partial charge in [0.1, 0.15) is 11.4 Å². The van der Waals surface area contributed by atoms with Crippen molar-refractivity contribution in [3.63, 3.8) is 0 Å². The highest BCUT2D eigenvalue weighted by molar-refractivity contribution is 5.73. The first kappa shape index (κ1) is 23.8. The fourth-order valence-electron chi connectivity index (χ4n) is 6.43. The predicted molar refractivity (Wildman–Crippen MR) is 138 cm³/mol. The van der Waals surface area contributed by atoms with Gasteiger partial charge in [0.2, 0.25) is 5.91 Å². The topological polar surface area (TPSA) is 83.1 Å². The number of aliphatic hydroxyl groups excluding tert-OH is 1. The molecule has 7 heteroatoms. The van der Waals surface area contributed by atoms with Gasteiger partial charge in [0.05, 0.1) is 30.9 Å². The average Bonchev–Trinajstić information content (AvgIpc) is 3.50. The average molecular weight is 492 g/mol. The van der Waals surface area contributed by atoms with Crippen LogP contribution in [0.5, 0.6) is 5.75 Å². The summed E-state index contributed by atoms with van der Waals surface area (Å²) in [6, 6.07) is 16.8. The lowest BCUT2D eigenvalue weighted by Crippen LogP contribution is -2.52. The largest absolute Gasteiger partial charge is 0.487 e. The van der Waals surface area contributed by atoms with E-state index in [-0.39, 0.29) is 23.6 Å². The van der Waals surface area contributed by atoms with Crippen molar-refractivity contribution in [3.8, 4) is 5.75 Å². The standard InChI is InChI=1S/C29H37N3O4/c1-19(33)31-25(12-20-6-3-2-4-7-20)27(34)16-30-26-15-29(10-5-11-29)36-28-9-8-21(14-24(26)28)32-17-23-13-22(32)18-35-23/h2-4,6-9,14,22-23,25-27,30,34H,5,10-13,15-18H2,1H3,(H,31,33)/t22-,23-,25-,26-,27+/m0/s1. The summed E-state index contributed by atoms with van der Waals surface area (Å²) >= 11 is 0. The van der Waals surface area contributed by atoms with Crippen LogP contribution in [0.2, 0.25) is 0 Å². The Morgan fingerprint density at radius 3 is 2.72 bits per heavy atom. The molecule has 1 saturated carbocycles. The van der Waals surface area contributed by atoms with Crippen LogP contribution in [-0.2, 0) is 16.0 Å². The van der Waals surface area contributed by atoms with Gasteiger partial charge in [-0.1, -0.05) is 30.3 Å². The first-order valence-electron chi connectivity index (χ1n) is 13.4. The summed E-state index contributed by atoms with van der Waals surface area (Å²) in [4.78, 5) is 14.4. The van der Waals surface area contributed by atoms with Crippen LogP contribution in [0.15, 0.2) is 48.5 Å². The van der Waals surface area contributed by atoms with Gasteiger partial charge >= 0.3 is 0 Å². The minimum Gasteiger partial charge on any atom is -0.487 e. The number of amides is 1. The van der Waals surface area contributed by atoms with E-state index in [0.717, 1.165) is 50.1 Å². The summed E-state index contributed by atoms with van der Waals surface area (Å²) < 4.78 is 12.4. The SMILES string of the molecule is CC(=O)N[C@@H](Cc1ccccc1)[C@H](O)CN[C@H]1CC2(CCC2)Oc2ccc(N3C[C@@H]4C[C@H]3CO4)cc21. The third-order valence-electron chi connectivity index (χ3n) is 8.49. The number of rotatable bonds is 8. The van der Waals surface area contributed by atoms with Gasteiger partial charge in [-0.3, -0.25) is 4.79 Å². The zero-order valence-corrected chi connectivity index (χ0v) is 21.0. The molecule has 2 aromatic carbocycles. The van der Waals surface area contributed by atoms with Crippen LogP contribution in [0.25, 0.3) is 0 Å². The van der Waals surface area contributed by atoms with Crippen LogP contribution < -0.4 is 20.3 Å². The molecule has 2 aromatic rings. The molecule has 0 radical (unpaired) electrons. The van der Waals surface area contributed by atoms with E-state index >= 15 is 0 Å². The minimum absolute atomic E-state index is 0.0920. The Hall–Kier alpha value is -2.61. The molecule has 3 heterocycles. The molecule has 1 aliphatic carbocycles. The number of anilines is 1. The second-order valence-corrected chi connectivity index (χ2v) is 11.1. The molecule has 2 saturated heterocycles. The maximum Gasteiger partial charge on any atom is 0.217 e. The molecule has 3 aliphatic heterocycles. The highest BCUT2D eigenvalue weighted by atomic mass is 16.5. The number of nitrogens with zero attached hydrogens (tertiary/aromatic N) is 1. The van der Waals surface area contributed by atoms with Crippen LogP contribution in [0.1, 0.15) is 56.2 Å². The van der Waals surface area contributed by atoms with Crippen LogP contribution in [0, 0.1) is 0 Å². The maximum absolute atomic E-state index is 11.9. The molecule has 5 atom stereocenters. The molecule has 36 heavy (non-hydrogen) atoms. The summed E-state index contributed by atoms with van der Waals surface area (Å²) in [6.45, 7) is 3.65. The van der Waals surface area contributed by atoms with Gasteiger partial charge in [-0.15, -0.1) is 0 Å². The quantitative estimate of drug-likeness (QED) is 0.527. The molecule has 192 valence electrons. The number of ether oxygens (including phenoxy) is 2. The fourth-order valence-corrected chi connectivity index (χ4v) is 6.43. The van der Waals surface area contributed by atoms with Crippen molar-refractivity contribution in [2.45, 2.75) is 81.4 Å². The minimum atomic E-state index is -0.715. The Kier molecular flexibility index (Phi) is 6.40. The van der Waals surface area contributed by atoms with Crippen molar-refractivity contribution in [2.24, 2.45) is 0 Å². The molecule has 0 aromatic heterocycles. The van der Waals surface area contributed by atoms with E-state index in [1.54, 1.807) is 0 Å². The zero-order valence-electron chi connectivity index (χ0n) is 21.0. The normalized spacial score (nSPS) is 27.2. The zero-order chi connectivity index (χ0) is 24.7. The Morgan fingerprint density at radius 2 is 2.06 bits per heavy atom. The summed E-state index contributed by atoms with van der Waals surface area (Å²) in [5, 5.41) is 17.8. The molecule has 0 unspecified atom stereocenters. The second kappa shape index (κ2) is 9.69.